The van der Waals surface area contributed by atoms with Crippen molar-refractivity contribution in [2.24, 2.45) is 0 Å². The van der Waals surface area contributed by atoms with E-state index in [-0.39, 0.29) is 28.9 Å². The van der Waals surface area contributed by atoms with Crippen LogP contribution in [0.5, 0.6) is 5.75 Å². The number of rotatable bonds is 7. The Balaban J connectivity index is 2.12. The summed E-state index contributed by atoms with van der Waals surface area (Å²) in [5, 5.41) is 17.9. The Morgan fingerprint density at radius 2 is 2.17 bits per heavy atom. The SMILES string of the molecule is COc1ccc(C(=O)NC[C@@H](c2ccsc2)N(C)C)cc1[N+](=O)[O-]. The zero-order valence-electron chi connectivity index (χ0n) is 13.7. The number of nitrogens with one attached hydrogen (secondary N) is 1. The first-order valence-corrected chi connectivity index (χ1v) is 8.17. The topological polar surface area (TPSA) is 84.7 Å². The molecule has 2 rings (SSSR count). The van der Waals surface area contributed by atoms with Crippen LogP contribution in [0, 0.1) is 10.1 Å². The van der Waals surface area contributed by atoms with Crippen LogP contribution in [-0.2, 0) is 0 Å². The van der Waals surface area contributed by atoms with Crippen LogP contribution in [0.4, 0.5) is 5.69 Å². The van der Waals surface area contributed by atoms with E-state index in [1.54, 1.807) is 11.3 Å². The van der Waals surface area contributed by atoms with Gasteiger partial charge in [0.05, 0.1) is 18.1 Å². The Bertz CT molecular complexity index is 716. The number of carbonyl (C=O) groups excluding carboxylic acids is 1. The minimum atomic E-state index is -0.566. The number of hydrogen-bond donors (Lipinski definition) is 1. The van der Waals surface area contributed by atoms with Crippen molar-refractivity contribution in [3.8, 4) is 5.75 Å². The maximum atomic E-state index is 12.3. The molecule has 0 aliphatic heterocycles. The first-order chi connectivity index (χ1) is 11.4. The third kappa shape index (κ3) is 4.09. The van der Waals surface area contributed by atoms with Crippen molar-refractivity contribution in [2.45, 2.75) is 6.04 Å². The van der Waals surface area contributed by atoms with E-state index >= 15 is 0 Å². The van der Waals surface area contributed by atoms with E-state index in [9.17, 15) is 14.9 Å². The lowest BCUT2D eigenvalue weighted by Gasteiger charge is -2.24. The molecule has 0 aliphatic carbocycles. The lowest BCUT2D eigenvalue weighted by molar-refractivity contribution is -0.385. The largest absolute Gasteiger partial charge is 0.490 e. The number of likely N-dealkylation sites (N-methyl/N-ethyl adjacent to an activating group) is 1. The van der Waals surface area contributed by atoms with Crippen LogP contribution in [0.1, 0.15) is 22.0 Å². The van der Waals surface area contributed by atoms with Gasteiger partial charge < -0.3 is 15.0 Å². The molecule has 0 fully saturated rings. The third-order valence-corrected chi connectivity index (χ3v) is 4.35. The summed E-state index contributed by atoms with van der Waals surface area (Å²) >= 11 is 1.60. The summed E-state index contributed by atoms with van der Waals surface area (Å²) in [5.41, 5.74) is 1.11. The zero-order valence-corrected chi connectivity index (χ0v) is 14.5. The molecule has 0 bridgehead atoms. The summed E-state index contributed by atoms with van der Waals surface area (Å²) in [6.45, 7) is 0.405. The Kier molecular flexibility index (Phi) is 5.88. The molecular formula is C16H19N3O4S. The van der Waals surface area contributed by atoms with E-state index in [1.165, 1.54) is 25.3 Å². The summed E-state index contributed by atoms with van der Waals surface area (Å²) in [5.74, 6) is -0.233. The van der Waals surface area contributed by atoms with Crippen molar-refractivity contribution in [2.75, 3.05) is 27.7 Å². The number of hydrogen-bond acceptors (Lipinski definition) is 6. The van der Waals surface area contributed by atoms with Crippen molar-refractivity contribution in [1.82, 2.24) is 10.2 Å². The highest BCUT2D eigenvalue weighted by Gasteiger charge is 2.20. The Morgan fingerprint density at radius 3 is 2.71 bits per heavy atom. The summed E-state index contributed by atoms with van der Waals surface area (Å²) < 4.78 is 4.94. The molecule has 1 N–H and O–H groups in total. The van der Waals surface area contributed by atoms with Crippen LogP contribution >= 0.6 is 11.3 Å². The van der Waals surface area contributed by atoms with Crippen molar-refractivity contribution >= 4 is 22.9 Å². The van der Waals surface area contributed by atoms with E-state index in [2.05, 4.69) is 5.32 Å². The quantitative estimate of drug-likeness (QED) is 0.614. The normalized spacial score (nSPS) is 12.0. The standard InChI is InChI=1S/C16H19N3O4S/c1-18(2)14(12-6-7-24-10-12)9-17-16(20)11-4-5-15(23-3)13(8-11)19(21)22/h4-8,10,14H,9H2,1-3H3,(H,17,20)/t14-/m0/s1. The summed E-state index contributed by atoms with van der Waals surface area (Å²) in [7, 11) is 5.23. The molecule has 7 nitrogen and oxygen atoms in total. The van der Waals surface area contributed by atoms with E-state index in [4.69, 9.17) is 4.74 Å². The second-order valence-corrected chi connectivity index (χ2v) is 6.17. The van der Waals surface area contributed by atoms with E-state index in [0.29, 0.717) is 6.54 Å². The molecule has 0 saturated heterocycles. The first-order valence-electron chi connectivity index (χ1n) is 7.23. The fourth-order valence-electron chi connectivity index (χ4n) is 2.33. The van der Waals surface area contributed by atoms with E-state index < -0.39 is 4.92 Å². The molecule has 0 unspecified atom stereocenters. The number of benzene rings is 1. The highest BCUT2D eigenvalue weighted by molar-refractivity contribution is 7.07. The van der Waals surface area contributed by atoms with Gasteiger partial charge in [-0.15, -0.1) is 0 Å². The molecule has 1 aromatic heterocycles. The van der Waals surface area contributed by atoms with Crippen molar-refractivity contribution in [3.63, 3.8) is 0 Å². The van der Waals surface area contributed by atoms with Crippen LogP contribution in [0.15, 0.2) is 35.0 Å². The average Bonchev–Trinajstić information content (AvgIpc) is 3.08. The van der Waals surface area contributed by atoms with Gasteiger partial charge in [-0.1, -0.05) is 0 Å². The van der Waals surface area contributed by atoms with Gasteiger partial charge in [-0.05, 0) is 48.6 Å². The molecular weight excluding hydrogens is 330 g/mol. The minimum absolute atomic E-state index is 0.0356. The Morgan fingerprint density at radius 1 is 1.42 bits per heavy atom. The number of nitrogens with zero attached hydrogens (tertiary/aromatic N) is 2. The monoisotopic (exact) mass is 349 g/mol. The van der Waals surface area contributed by atoms with Gasteiger partial charge in [-0.3, -0.25) is 14.9 Å². The Hall–Kier alpha value is -2.45. The fourth-order valence-corrected chi connectivity index (χ4v) is 3.04. The fraction of sp³-hybridized carbons (Fsp3) is 0.312. The van der Waals surface area contributed by atoms with Crippen molar-refractivity contribution in [1.29, 1.82) is 0 Å². The molecule has 128 valence electrons. The van der Waals surface area contributed by atoms with E-state index in [0.717, 1.165) is 5.56 Å². The molecule has 0 spiro atoms. The number of methoxy groups -OCH3 is 1. The molecule has 0 radical (unpaired) electrons. The second-order valence-electron chi connectivity index (χ2n) is 5.39. The van der Waals surface area contributed by atoms with Gasteiger partial charge in [-0.2, -0.15) is 11.3 Å². The van der Waals surface area contributed by atoms with Gasteiger partial charge in [0, 0.05) is 18.2 Å². The number of carbonyl (C=O) groups is 1. The molecule has 0 saturated carbocycles. The molecule has 1 amide bonds. The molecule has 0 aliphatic rings. The first kappa shape index (κ1) is 17.9. The average molecular weight is 349 g/mol. The third-order valence-electron chi connectivity index (χ3n) is 3.65. The Labute approximate surface area is 144 Å². The van der Waals surface area contributed by atoms with Crippen LogP contribution in [0.2, 0.25) is 0 Å². The number of nitro groups is 1. The summed E-state index contributed by atoms with van der Waals surface area (Å²) in [4.78, 5) is 24.8. The lowest BCUT2D eigenvalue weighted by Crippen LogP contribution is -2.34. The number of thiophene rings is 1. The summed E-state index contributed by atoms with van der Waals surface area (Å²) in [6.07, 6.45) is 0. The molecule has 2 aromatic rings. The zero-order chi connectivity index (χ0) is 17.7. The van der Waals surface area contributed by atoms with Gasteiger partial charge in [-0.25, -0.2) is 0 Å². The van der Waals surface area contributed by atoms with Crippen LogP contribution in [-0.4, -0.2) is 43.5 Å². The molecule has 1 aromatic carbocycles. The second kappa shape index (κ2) is 7.89. The highest BCUT2D eigenvalue weighted by atomic mass is 32.1. The number of amides is 1. The van der Waals surface area contributed by atoms with Gasteiger partial charge in [0.15, 0.2) is 5.75 Å². The predicted octanol–water partition coefficient (Wildman–Crippen LogP) is 2.70. The number of ether oxygens (including phenoxy) is 1. The van der Waals surface area contributed by atoms with Gasteiger partial charge in [0.2, 0.25) is 0 Å². The molecule has 24 heavy (non-hydrogen) atoms. The van der Waals surface area contributed by atoms with Gasteiger partial charge >= 0.3 is 5.69 Å². The molecule has 1 heterocycles. The predicted molar refractivity (Wildman–Crippen MR) is 92.7 cm³/mol. The minimum Gasteiger partial charge on any atom is -0.490 e. The molecule has 1 atom stereocenters. The maximum absolute atomic E-state index is 12.3. The lowest BCUT2D eigenvalue weighted by atomic mass is 10.1. The van der Waals surface area contributed by atoms with Gasteiger partial charge in [0.25, 0.3) is 5.91 Å². The number of nitro benzene ring substituents is 1. The molecule has 8 heteroatoms. The van der Waals surface area contributed by atoms with Gasteiger partial charge in [0.1, 0.15) is 0 Å². The summed E-state index contributed by atoms with van der Waals surface area (Å²) in [6, 6.07) is 6.21. The van der Waals surface area contributed by atoms with Crippen LogP contribution < -0.4 is 10.1 Å². The van der Waals surface area contributed by atoms with E-state index in [1.807, 2.05) is 35.8 Å². The van der Waals surface area contributed by atoms with Crippen molar-refractivity contribution < 1.29 is 14.5 Å². The maximum Gasteiger partial charge on any atom is 0.311 e. The highest BCUT2D eigenvalue weighted by Crippen LogP contribution is 2.27. The van der Waals surface area contributed by atoms with Crippen LogP contribution in [0.25, 0.3) is 0 Å². The smallest absolute Gasteiger partial charge is 0.311 e. The van der Waals surface area contributed by atoms with Crippen molar-refractivity contribution in [3.05, 3.63) is 56.3 Å². The van der Waals surface area contributed by atoms with Crippen LogP contribution in [0.3, 0.4) is 0 Å².